The second-order valence-corrected chi connectivity index (χ2v) is 9.78. The Hall–Kier alpha value is -1.24. The smallest absolute Gasteiger partial charge is 0.436 e. The molecule has 0 unspecified atom stereocenters. The number of ether oxygens (including phenoxy) is 2. The average molecular weight is 401 g/mol. The number of aliphatic imine (C=N–C) groups is 1. The fourth-order valence-corrected chi connectivity index (χ4v) is 3.50. The zero-order valence-corrected chi connectivity index (χ0v) is 18.8. The van der Waals surface area contributed by atoms with Gasteiger partial charge in [-0.15, -0.1) is 0 Å². The number of hydrogen-bond acceptors (Lipinski definition) is 5. The summed E-state index contributed by atoms with van der Waals surface area (Å²) in [4.78, 5) is 30.4. The number of hydrogen-bond donors (Lipinski definition) is 0. The molecule has 1 aliphatic carbocycles. The van der Waals surface area contributed by atoms with Gasteiger partial charge in [0.15, 0.2) is 5.17 Å². The third-order valence-electron chi connectivity index (χ3n) is 4.09. The molecular formula is C20H36N2O4S. The Morgan fingerprint density at radius 1 is 1.00 bits per heavy atom. The van der Waals surface area contributed by atoms with Gasteiger partial charge in [-0.2, -0.15) is 4.99 Å². The van der Waals surface area contributed by atoms with Crippen molar-refractivity contribution in [1.82, 2.24) is 4.90 Å². The Kier molecular flexibility index (Phi) is 9.12. The van der Waals surface area contributed by atoms with E-state index >= 15 is 0 Å². The Balaban J connectivity index is 2.93. The van der Waals surface area contributed by atoms with Crippen molar-refractivity contribution in [3.8, 4) is 0 Å². The molecule has 0 aromatic rings. The van der Waals surface area contributed by atoms with E-state index in [4.69, 9.17) is 9.47 Å². The summed E-state index contributed by atoms with van der Waals surface area (Å²) in [6, 6.07) is 0. The molecule has 0 heterocycles. The highest BCUT2D eigenvalue weighted by molar-refractivity contribution is 8.13. The van der Waals surface area contributed by atoms with E-state index in [1.807, 2.05) is 20.8 Å². The Morgan fingerprint density at radius 3 is 2.04 bits per heavy atom. The fraction of sp³-hybridized carbons (Fsp3) is 0.850. The van der Waals surface area contributed by atoms with E-state index in [-0.39, 0.29) is 0 Å². The maximum absolute atomic E-state index is 12.8. The molecule has 0 aromatic carbocycles. The lowest BCUT2D eigenvalue weighted by molar-refractivity contribution is 0.0364. The first-order valence-corrected chi connectivity index (χ1v) is 11.0. The first-order chi connectivity index (χ1) is 12.4. The lowest BCUT2D eigenvalue weighted by atomic mass is 9.87. The van der Waals surface area contributed by atoms with Crippen molar-refractivity contribution in [2.45, 2.75) is 91.3 Å². The number of carbonyl (C=O) groups is 2. The van der Waals surface area contributed by atoms with Gasteiger partial charge in [-0.3, -0.25) is 4.90 Å². The summed E-state index contributed by atoms with van der Waals surface area (Å²) in [7, 11) is 0. The minimum absolute atomic E-state index is 0.314. The third kappa shape index (κ3) is 10.0. The van der Waals surface area contributed by atoms with Gasteiger partial charge in [-0.1, -0.05) is 43.9 Å². The molecule has 0 atom stereocenters. The number of thioether (sulfide) groups is 1. The van der Waals surface area contributed by atoms with Crippen molar-refractivity contribution >= 4 is 29.1 Å². The lowest BCUT2D eigenvalue weighted by Gasteiger charge is -2.29. The molecule has 0 aromatic heterocycles. The molecule has 27 heavy (non-hydrogen) atoms. The summed E-state index contributed by atoms with van der Waals surface area (Å²) in [6.07, 6.45) is 7.68. The van der Waals surface area contributed by atoms with Crippen LogP contribution in [0.25, 0.3) is 0 Å². The van der Waals surface area contributed by atoms with E-state index < -0.39 is 23.4 Å². The second kappa shape index (κ2) is 10.3. The van der Waals surface area contributed by atoms with Crippen molar-refractivity contribution in [3.63, 3.8) is 0 Å². The fourth-order valence-electron chi connectivity index (χ4n) is 2.95. The molecule has 1 saturated carbocycles. The van der Waals surface area contributed by atoms with Gasteiger partial charge in [0, 0.05) is 6.54 Å². The van der Waals surface area contributed by atoms with Crippen LogP contribution in [0.2, 0.25) is 0 Å². The molecule has 1 fully saturated rings. The molecule has 6 nitrogen and oxygen atoms in total. The van der Waals surface area contributed by atoms with E-state index in [1.165, 1.54) is 48.8 Å². The van der Waals surface area contributed by atoms with Crippen LogP contribution in [-0.4, -0.2) is 46.3 Å². The maximum Gasteiger partial charge on any atom is 0.436 e. The van der Waals surface area contributed by atoms with Gasteiger partial charge >= 0.3 is 12.2 Å². The normalized spacial score (nSPS) is 16.8. The topological polar surface area (TPSA) is 68.2 Å². The first kappa shape index (κ1) is 23.8. The predicted octanol–water partition coefficient (Wildman–Crippen LogP) is 5.85. The van der Waals surface area contributed by atoms with Gasteiger partial charge in [0.05, 0.1) is 0 Å². The van der Waals surface area contributed by atoms with E-state index in [2.05, 4.69) is 4.99 Å². The number of carbonyl (C=O) groups excluding carboxylic acids is 2. The molecule has 0 radical (unpaired) electrons. The molecule has 156 valence electrons. The minimum atomic E-state index is -0.696. The molecule has 0 saturated heterocycles. The standard InChI is InChI=1S/C20H36N2O4S/c1-19(2,3)25-17(23)21-16(27-7)22(18(24)26-20(4,5)6)14-13-15-11-9-8-10-12-15/h15H,8-14H2,1-7H3/b21-16-. The summed E-state index contributed by atoms with van der Waals surface area (Å²) in [5.41, 5.74) is -1.25. The SMILES string of the molecule is CS/C(=N\C(=O)OC(C)(C)C)N(CCC1CCCCC1)C(=O)OC(C)(C)C. The van der Waals surface area contributed by atoms with Gasteiger partial charge in [0.1, 0.15) is 11.2 Å². The van der Waals surface area contributed by atoms with Crippen LogP contribution in [-0.2, 0) is 9.47 Å². The van der Waals surface area contributed by atoms with Crippen molar-refractivity contribution in [2.75, 3.05) is 12.8 Å². The average Bonchev–Trinajstić information content (AvgIpc) is 2.51. The molecule has 0 aliphatic heterocycles. The van der Waals surface area contributed by atoms with Gasteiger partial charge in [-0.05, 0) is 60.1 Å². The van der Waals surface area contributed by atoms with Crippen LogP contribution in [0.3, 0.4) is 0 Å². The molecule has 2 amide bonds. The summed E-state index contributed by atoms with van der Waals surface area (Å²) in [6.45, 7) is 11.3. The van der Waals surface area contributed by atoms with Gasteiger partial charge < -0.3 is 9.47 Å². The monoisotopic (exact) mass is 400 g/mol. The zero-order valence-electron chi connectivity index (χ0n) is 18.0. The van der Waals surface area contributed by atoms with Crippen LogP contribution in [0.1, 0.15) is 80.1 Å². The molecule has 1 aliphatic rings. The van der Waals surface area contributed by atoms with Crippen LogP contribution in [0, 0.1) is 5.92 Å². The highest BCUT2D eigenvalue weighted by Gasteiger charge is 2.28. The summed E-state index contributed by atoms with van der Waals surface area (Å²) >= 11 is 1.25. The van der Waals surface area contributed by atoms with E-state index in [9.17, 15) is 9.59 Å². The van der Waals surface area contributed by atoms with E-state index in [1.54, 1.807) is 27.0 Å². The van der Waals surface area contributed by atoms with Crippen LogP contribution in [0.15, 0.2) is 4.99 Å². The van der Waals surface area contributed by atoms with Crippen molar-refractivity contribution in [3.05, 3.63) is 0 Å². The first-order valence-electron chi connectivity index (χ1n) is 9.77. The molecule has 1 rings (SSSR count). The number of rotatable bonds is 3. The number of amides is 2. The molecular weight excluding hydrogens is 364 g/mol. The van der Waals surface area contributed by atoms with Gasteiger partial charge in [-0.25, -0.2) is 9.59 Å². The highest BCUT2D eigenvalue weighted by Crippen LogP contribution is 2.27. The number of amidine groups is 1. The molecule has 0 bridgehead atoms. The third-order valence-corrected chi connectivity index (χ3v) is 4.77. The maximum atomic E-state index is 12.8. The second-order valence-electron chi connectivity index (χ2n) is 9.00. The van der Waals surface area contributed by atoms with E-state index in [0.717, 1.165) is 6.42 Å². The number of nitrogens with zero attached hydrogens (tertiary/aromatic N) is 2. The van der Waals surface area contributed by atoms with Crippen molar-refractivity contribution in [2.24, 2.45) is 10.9 Å². The summed E-state index contributed by atoms with van der Waals surface area (Å²) in [5, 5.41) is 0.314. The van der Waals surface area contributed by atoms with E-state index in [0.29, 0.717) is 17.6 Å². The van der Waals surface area contributed by atoms with Crippen LogP contribution in [0.5, 0.6) is 0 Å². The Bertz CT molecular complexity index is 529. The summed E-state index contributed by atoms with van der Waals surface area (Å²) in [5.74, 6) is 0.605. The van der Waals surface area contributed by atoms with Gasteiger partial charge in [0.2, 0.25) is 0 Å². The minimum Gasteiger partial charge on any atom is -0.443 e. The van der Waals surface area contributed by atoms with Gasteiger partial charge in [0.25, 0.3) is 0 Å². The highest BCUT2D eigenvalue weighted by atomic mass is 32.2. The zero-order chi connectivity index (χ0) is 20.7. The van der Waals surface area contributed by atoms with Crippen molar-refractivity contribution in [1.29, 1.82) is 0 Å². The van der Waals surface area contributed by atoms with Crippen molar-refractivity contribution < 1.29 is 19.1 Å². The predicted molar refractivity (Wildman–Crippen MR) is 111 cm³/mol. The largest absolute Gasteiger partial charge is 0.443 e. The molecule has 0 spiro atoms. The van der Waals surface area contributed by atoms with Crippen LogP contribution in [0.4, 0.5) is 9.59 Å². The summed E-state index contributed by atoms with van der Waals surface area (Å²) < 4.78 is 10.8. The Morgan fingerprint density at radius 2 is 1.56 bits per heavy atom. The quantitative estimate of drug-likeness (QED) is 0.439. The molecule has 0 N–H and O–H groups in total. The molecule has 7 heteroatoms. The Labute approximate surface area is 168 Å². The lowest BCUT2D eigenvalue weighted by Crippen LogP contribution is -2.41. The van der Waals surface area contributed by atoms with Crippen LogP contribution < -0.4 is 0 Å². The van der Waals surface area contributed by atoms with Crippen LogP contribution >= 0.6 is 11.8 Å².